The number of hydrogen-bond donors (Lipinski definition) is 2. The summed E-state index contributed by atoms with van der Waals surface area (Å²) < 4.78 is 0. The van der Waals surface area contributed by atoms with Crippen LogP contribution < -0.4 is 0 Å². The van der Waals surface area contributed by atoms with Crippen molar-refractivity contribution in [1.29, 1.82) is 5.41 Å². The van der Waals surface area contributed by atoms with E-state index in [0.29, 0.717) is 11.1 Å². The van der Waals surface area contributed by atoms with Gasteiger partial charge in [-0.1, -0.05) is 25.9 Å². The third-order valence-electron chi connectivity index (χ3n) is 3.06. The fourth-order valence-electron chi connectivity index (χ4n) is 1.94. The molecular weight excluding hydrogens is 240 g/mol. The number of phenols is 1. The molecule has 0 aliphatic rings. The highest BCUT2D eigenvalue weighted by Crippen LogP contribution is 2.40. The molecule has 0 aromatic heterocycles. The molecule has 0 bridgehead atoms. The van der Waals surface area contributed by atoms with Gasteiger partial charge in [-0.25, -0.2) is 0 Å². The van der Waals surface area contributed by atoms with Crippen molar-refractivity contribution in [2.24, 2.45) is 5.11 Å². The third kappa shape index (κ3) is 3.06. The van der Waals surface area contributed by atoms with Crippen molar-refractivity contribution in [2.75, 3.05) is 0 Å². The molecule has 0 fully saturated rings. The molecule has 5 nitrogen and oxygen atoms in total. The molecule has 0 heterocycles. The van der Waals surface area contributed by atoms with Crippen molar-refractivity contribution < 1.29 is 5.11 Å². The van der Waals surface area contributed by atoms with Crippen LogP contribution in [0.1, 0.15) is 51.3 Å². The van der Waals surface area contributed by atoms with Crippen LogP contribution in [0.3, 0.4) is 0 Å². The maximum Gasteiger partial charge on any atom is 0.123 e. The van der Waals surface area contributed by atoms with Crippen LogP contribution in [0.4, 0.5) is 0 Å². The summed E-state index contributed by atoms with van der Waals surface area (Å²) in [5, 5.41) is 21.6. The van der Waals surface area contributed by atoms with Crippen molar-refractivity contribution >= 4 is 6.21 Å². The molecule has 0 aliphatic heterocycles. The molecule has 0 radical (unpaired) electrons. The summed E-state index contributed by atoms with van der Waals surface area (Å²) in [7, 11) is 0. The fraction of sp³-hybridized carbons (Fsp3) is 0.500. The molecule has 1 aromatic rings. The summed E-state index contributed by atoms with van der Waals surface area (Å²) in [5.74, 6) is 0.135. The van der Waals surface area contributed by atoms with Crippen LogP contribution in [0.25, 0.3) is 10.4 Å². The van der Waals surface area contributed by atoms with Crippen LogP contribution in [0, 0.1) is 5.41 Å². The maximum atomic E-state index is 10.4. The lowest BCUT2D eigenvalue weighted by atomic mass is 9.81. The first kappa shape index (κ1) is 15.1. The Morgan fingerprint density at radius 1 is 1.21 bits per heavy atom. The quantitative estimate of drug-likeness (QED) is 0.362. The molecule has 0 saturated heterocycles. The molecular formula is C14H20N4O. The number of benzene rings is 1. The minimum atomic E-state index is -0.863. The highest BCUT2D eigenvalue weighted by Gasteiger charge is 2.28. The van der Waals surface area contributed by atoms with Gasteiger partial charge in [0.05, 0.1) is 5.54 Å². The molecule has 5 heteroatoms. The molecule has 0 spiro atoms. The first-order valence-electron chi connectivity index (χ1n) is 6.08. The molecule has 19 heavy (non-hydrogen) atoms. The van der Waals surface area contributed by atoms with Gasteiger partial charge in [-0.3, -0.25) is 0 Å². The van der Waals surface area contributed by atoms with Crippen LogP contribution >= 0.6 is 0 Å². The van der Waals surface area contributed by atoms with Gasteiger partial charge in [-0.05, 0) is 42.5 Å². The molecule has 0 saturated carbocycles. The first-order valence-corrected chi connectivity index (χ1v) is 6.08. The number of azide groups is 1. The van der Waals surface area contributed by atoms with Gasteiger partial charge in [0.1, 0.15) is 5.75 Å². The molecule has 0 aliphatic carbocycles. The Morgan fingerprint density at radius 3 is 2.16 bits per heavy atom. The summed E-state index contributed by atoms with van der Waals surface area (Å²) in [4.78, 5) is 2.83. The Morgan fingerprint density at radius 2 is 1.74 bits per heavy atom. The fourth-order valence-corrected chi connectivity index (χ4v) is 1.94. The van der Waals surface area contributed by atoms with Crippen molar-refractivity contribution in [3.63, 3.8) is 0 Å². The average molecular weight is 260 g/mol. The monoisotopic (exact) mass is 260 g/mol. The molecule has 102 valence electrons. The lowest BCUT2D eigenvalue weighted by molar-refractivity contribution is 0.418. The van der Waals surface area contributed by atoms with Gasteiger partial charge in [0, 0.05) is 22.3 Å². The lowest BCUT2D eigenvalue weighted by Crippen LogP contribution is -2.18. The Kier molecular flexibility index (Phi) is 3.91. The minimum absolute atomic E-state index is 0.135. The van der Waals surface area contributed by atoms with E-state index in [1.165, 1.54) is 6.21 Å². The predicted molar refractivity (Wildman–Crippen MR) is 76.9 cm³/mol. The van der Waals surface area contributed by atoms with Gasteiger partial charge < -0.3 is 10.5 Å². The van der Waals surface area contributed by atoms with E-state index in [1.807, 2.05) is 20.8 Å². The zero-order valence-electron chi connectivity index (χ0n) is 12.0. The molecule has 1 rings (SSSR count). The number of phenolic OH excluding ortho intramolecular Hbond substituents is 1. The zero-order chi connectivity index (χ0) is 14.8. The van der Waals surface area contributed by atoms with E-state index < -0.39 is 5.54 Å². The second-order valence-electron chi connectivity index (χ2n) is 6.11. The Labute approximate surface area is 113 Å². The molecule has 0 atom stereocenters. The summed E-state index contributed by atoms with van der Waals surface area (Å²) >= 11 is 0. The van der Waals surface area contributed by atoms with Gasteiger partial charge >= 0.3 is 0 Å². The predicted octanol–water partition coefficient (Wildman–Crippen LogP) is 4.23. The van der Waals surface area contributed by atoms with Gasteiger partial charge in [0.2, 0.25) is 0 Å². The van der Waals surface area contributed by atoms with Gasteiger partial charge in [0.15, 0.2) is 0 Å². The summed E-state index contributed by atoms with van der Waals surface area (Å²) in [5.41, 5.74) is 9.48. The van der Waals surface area contributed by atoms with E-state index in [2.05, 4.69) is 10.0 Å². The van der Waals surface area contributed by atoms with Crippen LogP contribution in [0.2, 0.25) is 0 Å². The van der Waals surface area contributed by atoms with E-state index in [1.54, 1.807) is 26.0 Å². The van der Waals surface area contributed by atoms with E-state index in [-0.39, 0.29) is 11.2 Å². The smallest absolute Gasteiger partial charge is 0.123 e. The van der Waals surface area contributed by atoms with Crippen LogP contribution in [0.15, 0.2) is 17.2 Å². The number of rotatable bonds is 3. The third-order valence-corrected chi connectivity index (χ3v) is 3.06. The number of aromatic hydroxyl groups is 1. The zero-order valence-corrected chi connectivity index (χ0v) is 12.0. The van der Waals surface area contributed by atoms with E-state index in [0.717, 1.165) is 5.56 Å². The summed E-state index contributed by atoms with van der Waals surface area (Å²) in [6.45, 7) is 9.43. The van der Waals surface area contributed by atoms with Gasteiger partial charge in [-0.2, -0.15) is 0 Å². The minimum Gasteiger partial charge on any atom is -0.507 e. The first-order chi connectivity index (χ1) is 8.63. The van der Waals surface area contributed by atoms with E-state index in [4.69, 9.17) is 10.9 Å². The van der Waals surface area contributed by atoms with Crippen molar-refractivity contribution in [1.82, 2.24) is 0 Å². The standard InChI is InChI=1S/C14H20N4O/c1-13(2,3)10-6-9(8-15)7-11(12(10)19)14(4,5)17-18-16/h6-8,15,19H,1-5H3. The molecule has 2 N–H and O–H groups in total. The van der Waals surface area contributed by atoms with Crippen LogP contribution in [0.5, 0.6) is 5.75 Å². The SMILES string of the molecule is CC(C)(C)c1cc(C=N)cc(C(C)(C)N=[N+]=[N-])c1O. The molecule has 0 unspecified atom stereocenters. The second-order valence-corrected chi connectivity index (χ2v) is 6.11. The topological polar surface area (TPSA) is 92.8 Å². The van der Waals surface area contributed by atoms with Crippen molar-refractivity contribution in [3.05, 3.63) is 39.3 Å². The Hall–Kier alpha value is -2.00. The average Bonchev–Trinajstić information content (AvgIpc) is 2.27. The maximum absolute atomic E-state index is 10.4. The van der Waals surface area contributed by atoms with E-state index >= 15 is 0 Å². The second kappa shape index (κ2) is 4.94. The number of nitrogens with one attached hydrogen (secondary N) is 1. The highest BCUT2D eigenvalue weighted by molar-refractivity contribution is 5.79. The number of nitrogens with zero attached hydrogens (tertiary/aromatic N) is 3. The van der Waals surface area contributed by atoms with E-state index in [9.17, 15) is 5.11 Å². The molecule has 0 amide bonds. The van der Waals surface area contributed by atoms with Crippen molar-refractivity contribution in [2.45, 2.75) is 45.6 Å². The normalized spacial score (nSPS) is 11.8. The highest BCUT2D eigenvalue weighted by atomic mass is 16.3. The van der Waals surface area contributed by atoms with Crippen molar-refractivity contribution in [3.8, 4) is 5.75 Å². The number of hydrogen-bond acceptors (Lipinski definition) is 3. The largest absolute Gasteiger partial charge is 0.507 e. The van der Waals surface area contributed by atoms with Gasteiger partial charge in [0.25, 0.3) is 0 Å². The Bertz CT molecular complexity index is 549. The van der Waals surface area contributed by atoms with Crippen LogP contribution in [-0.2, 0) is 11.0 Å². The Balaban J connectivity index is 3.66. The summed E-state index contributed by atoms with van der Waals surface area (Å²) in [6.07, 6.45) is 1.23. The van der Waals surface area contributed by atoms with Gasteiger partial charge in [-0.15, -0.1) is 0 Å². The lowest BCUT2D eigenvalue weighted by Gasteiger charge is -2.27. The van der Waals surface area contributed by atoms with Crippen LogP contribution in [-0.4, -0.2) is 11.3 Å². The molecule has 1 aromatic carbocycles. The summed E-state index contributed by atoms with van der Waals surface area (Å²) in [6, 6.07) is 3.48.